The highest BCUT2D eigenvalue weighted by Gasteiger charge is 2.29. The van der Waals surface area contributed by atoms with Gasteiger partial charge in [0.15, 0.2) is 6.61 Å². The highest BCUT2D eigenvalue weighted by atomic mass is 79.9. The van der Waals surface area contributed by atoms with Gasteiger partial charge in [0.25, 0.3) is 5.91 Å². The van der Waals surface area contributed by atoms with Gasteiger partial charge in [-0.15, -0.1) is 0 Å². The summed E-state index contributed by atoms with van der Waals surface area (Å²) >= 11 is 9.55. The van der Waals surface area contributed by atoms with E-state index in [1.165, 1.54) is 0 Å². The molecular formula is C23H28BrClN2O3. The van der Waals surface area contributed by atoms with Crippen molar-refractivity contribution in [3.63, 3.8) is 0 Å². The highest BCUT2D eigenvalue weighted by molar-refractivity contribution is 9.10. The predicted octanol–water partition coefficient (Wildman–Crippen LogP) is 5.12. The second-order valence-corrected chi connectivity index (χ2v) is 8.35. The van der Waals surface area contributed by atoms with E-state index in [-0.39, 0.29) is 18.4 Å². The van der Waals surface area contributed by atoms with Gasteiger partial charge < -0.3 is 15.0 Å². The van der Waals surface area contributed by atoms with Gasteiger partial charge in [-0.25, -0.2) is 0 Å². The van der Waals surface area contributed by atoms with E-state index in [2.05, 4.69) is 21.2 Å². The van der Waals surface area contributed by atoms with E-state index in [4.69, 9.17) is 16.3 Å². The molecule has 1 N–H and O–H groups in total. The van der Waals surface area contributed by atoms with Crippen molar-refractivity contribution in [2.24, 2.45) is 0 Å². The second kappa shape index (κ2) is 12.0. The first kappa shape index (κ1) is 24.2. The average Bonchev–Trinajstić information content (AvgIpc) is 2.72. The largest absolute Gasteiger partial charge is 0.482 e. The second-order valence-electron chi connectivity index (χ2n) is 7.03. The zero-order valence-electron chi connectivity index (χ0n) is 17.6. The molecule has 0 aliphatic heterocycles. The molecule has 5 nitrogen and oxygen atoms in total. The minimum atomic E-state index is -0.576. The van der Waals surface area contributed by atoms with Crippen LogP contribution in [-0.4, -0.2) is 35.9 Å². The van der Waals surface area contributed by atoms with Crippen molar-refractivity contribution < 1.29 is 14.3 Å². The first-order chi connectivity index (χ1) is 14.4. The third kappa shape index (κ3) is 6.74. The summed E-state index contributed by atoms with van der Waals surface area (Å²) in [4.78, 5) is 27.5. The Balaban J connectivity index is 2.22. The Morgan fingerprint density at radius 3 is 2.57 bits per heavy atom. The molecule has 162 valence electrons. The van der Waals surface area contributed by atoms with Gasteiger partial charge in [-0.3, -0.25) is 9.59 Å². The summed E-state index contributed by atoms with van der Waals surface area (Å²) in [6, 6.07) is 12.5. The van der Waals surface area contributed by atoms with E-state index in [0.29, 0.717) is 30.3 Å². The van der Waals surface area contributed by atoms with E-state index < -0.39 is 6.04 Å². The van der Waals surface area contributed by atoms with Gasteiger partial charge in [0, 0.05) is 17.6 Å². The Morgan fingerprint density at radius 2 is 1.93 bits per heavy atom. The molecule has 2 amide bonds. The standard InChI is InChI=1S/C23H28BrClN2O3/c1-4-12-26-23(29)20(5-2)27(14-17-9-7-6-8-16(17)3)22(28)15-30-21-11-10-18(24)13-19(21)25/h6-11,13,20H,4-5,12,14-15H2,1-3H3,(H,26,29)/t20-/m0/s1. The van der Waals surface area contributed by atoms with E-state index in [1.807, 2.05) is 45.0 Å². The maximum atomic E-state index is 13.2. The number of nitrogens with one attached hydrogen (secondary N) is 1. The minimum absolute atomic E-state index is 0.150. The Bertz CT molecular complexity index is 875. The lowest BCUT2D eigenvalue weighted by Gasteiger charge is -2.31. The quantitative estimate of drug-likeness (QED) is 0.497. The number of ether oxygens (including phenoxy) is 1. The van der Waals surface area contributed by atoms with Crippen molar-refractivity contribution in [1.29, 1.82) is 0 Å². The molecule has 0 aromatic heterocycles. The van der Waals surface area contributed by atoms with Crippen LogP contribution in [0.25, 0.3) is 0 Å². The first-order valence-corrected chi connectivity index (χ1v) is 11.2. The lowest BCUT2D eigenvalue weighted by molar-refractivity contribution is -0.143. The molecule has 0 aliphatic carbocycles. The Kier molecular flexibility index (Phi) is 9.66. The maximum Gasteiger partial charge on any atom is 0.261 e. The van der Waals surface area contributed by atoms with Crippen LogP contribution < -0.4 is 10.1 Å². The van der Waals surface area contributed by atoms with Gasteiger partial charge in [-0.1, -0.05) is 65.6 Å². The lowest BCUT2D eigenvalue weighted by atomic mass is 10.1. The van der Waals surface area contributed by atoms with Crippen LogP contribution in [0, 0.1) is 6.92 Å². The van der Waals surface area contributed by atoms with E-state index in [1.54, 1.807) is 23.1 Å². The zero-order valence-corrected chi connectivity index (χ0v) is 19.9. The fourth-order valence-corrected chi connectivity index (χ4v) is 3.80. The molecule has 0 saturated heterocycles. The zero-order chi connectivity index (χ0) is 22.1. The van der Waals surface area contributed by atoms with Crippen LogP contribution in [0.4, 0.5) is 0 Å². The van der Waals surface area contributed by atoms with Gasteiger partial charge in [0.2, 0.25) is 5.91 Å². The SMILES string of the molecule is CCCNC(=O)[C@H](CC)N(Cc1ccccc1C)C(=O)COc1ccc(Br)cc1Cl. The van der Waals surface area contributed by atoms with Crippen molar-refractivity contribution in [2.45, 2.75) is 46.2 Å². The van der Waals surface area contributed by atoms with Crippen molar-refractivity contribution in [3.8, 4) is 5.75 Å². The van der Waals surface area contributed by atoms with Gasteiger partial charge in [0.1, 0.15) is 11.8 Å². The van der Waals surface area contributed by atoms with Crippen molar-refractivity contribution >= 4 is 39.3 Å². The maximum absolute atomic E-state index is 13.2. The van der Waals surface area contributed by atoms with E-state index in [0.717, 1.165) is 22.0 Å². The van der Waals surface area contributed by atoms with Crippen LogP contribution in [0.1, 0.15) is 37.8 Å². The number of rotatable bonds is 10. The fourth-order valence-electron chi connectivity index (χ4n) is 3.07. The van der Waals surface area contributed by atoms with Crippen molar-refractivity contribution in [3.05, 3.63) is 63.1 Å². The molecule has 2 rings (SSSR count). The van der Waals surface area contributed by atoms with Crippen LogP contribution in [0.2, 0.25) is 5.02 Å². The molecule has 2 aromatic rings. The Hall–Kier alpha value is -2.05. The fraction of sp³-hybridized carbons (Fsp3) is 0.391. The van der Waals surface area contributed by atoms with Gasteiger partial charge in [-0.2, -0.15) is 0 Å². The normalized spacial score (nSPS) is 11.6. The van der Waals surface area contributed by atoms with Crippen LogP contribution in [0.3, 0.4) is 0 Å². The van der Waals surface area contributed by atoms with Crippen molar-refractivity contribution in [2.75, 3.05) is 13.2 Å². The molecule has 0 bridgehead atoms. The van der Waals surface area contributed by atoms with Crippen LogP contribution >= 0.6 is 27.5 Å². The van der Waals surface area contributed by atoms with Crippen LogP contribution in [-0.2, 0) is 16.1 Å². The van der Waals surface area contributed by atoms with E-state index >= 15 is 0 Å². The molecule has 0 aliphatic rings. The topological polar surface area (TPSA) is 58.6 Å². The molecule has 0 saturated carbocycles. The summed E-state index contributed by atoms with van der Waals surface area (Å²) < 4.78 is 6.51. The molecule has 0 fully saturated rings. The summed E-state index contributed by atoms with van der Waals surface area (Å²) in [5, 5.41) is 3.32. The smallest absolute Gasteiger partial charge is 0.261 e. The van der Waals surface area contributed by atoms with Gasteiger partial charge >= 0.3 is 0 Å². The minimum Gasteiger partial charge on any atom is -0.482 e. The molecule has 0 heterocycles. The first-order valence-electron chi connectivity index (χ1n) is 10.1. The number of benzene rings is 2. The number of carbonyl (C=O) groups is 2. The van der Waals surface area contributed by atoms with E-state index in [9.17, 15) is 9.59 Å². The number of hydrogen-bond acceptors (Lipinski definition) is 3. The average molecular weight is 496 g/mol. The van der Waals surface area contributed by atoms with Crippen LogP contribution in [0.15, 0.2) is 46.9 Å². The summed E-state index contributed by atoms with van der Waals surface area (Å²) in [6.45, 7) is 6.60. The summed E-state index contributed by atoms with van der Waals surface area (Å²) in [7, 11) is 0. The number of hydrogen-bond donors (Lipinski definition) is 1. The molecule has 1 atom stereocenters. The van der Waals surface area contributed by atoms with Gasteiger partial charge in [-0.05, 0) is 49.1 Å². The molecule has 2 aromatic carbocycles. The molecular weight excluding hydrogens is 468 g/mol. The predicted molar refractivity (Wildman–Crippen MR) is 124 cm³/mol. The lowest BCUT2D eigenvalue weighted by Crippen LogP contribution is -2.50. The van der Waals surface area contributed by atoms with Gasteiger partial charge in [0.05, 0.1) is 5.02 Å². The number of nitrogens with zero attached hydrogens (tertiary/aromatic N) is 1. The Labute approximate surface area is 191 Å². The third-order valence-corrected chi connectivity index (χ3v) is 5.57. The molecule has 0 radical (unpaired) electrons. The van der Waals surface area contributed by atoms with Crippen LogP contribution in [0.5, 0.6) is 5.75 Å². The summed E-state index contributed by atoms with van der Waals surface area (Å²) in [6.07, 6.45) is 1.34. The molecule has 30 heavy (non-hydrogen) atoms. The Morgan fingerprint density at radius 1 is 1.20 bits per heavy atom. The highest BCUT2D eigenvalue weighted by Crippen LogP contribution is 2.28. The number of amides is 2. The summed E-state index contributed by atoms with van der Waals surface area (Å²) in [5.74, 6) is 0.00577. The van der Waals surface area contributed by atoms with Crippen molar-refractivity contribution in [1.82, 2.24) is 10.2 Å². The number of carbonyl (C=O) groups excluding carboxylic acids is 2. The molecule has 7 heteroatoms. The summed E-state index contributed by atoms with van der Waals surface area (Å²) in [5.41, 5.74) is 2.06. The monoisotopic (exact) mass is 494 g/mol. The number of halogens is 2. The number of aryl methyl sites for hydroxylation is 1. The molecule has 0 unspecified atom stereocenters. The molecule has 0 spiro atoms. The third-order valence-electron chi connectivity index (χ3n) is 4.78.